The molecular weight excluding hydrogens is 312 g/mol. The summed E-state index contributed by atoms with van der Waals surface area (Å²) in [5.74, 6) is 1.13. The lowest BCUT2D eigenvalue weighted by atomic mass is 10.1. The molecule has 1 saturated heterocycles. The van der Waals surface area contributed by atoms with E-state index in [-0.39, 0.29) is 0 Å². The average Bonchev–Trinajstić information content (AvgIpc) is 3.24. The summed E-state index contributed by atoms with van der Waals surface area (Å²) in [6.07, 6.45) is 3.70. The number of rotatable bonds is 7. The van der Waals surface area contributed by atoms with Crippen molar-refractivity contribution in [1.29, 1.82) is 0 Å². The maximum Gasteiger partial charge on any atom is 0.240 e. The van der Waals surface area contributed by atoms with Crippen LogP contribution in [-0.2, 0) is 10.0 Å². The molecule has 2 aliphatic rings. The molecule has 0 aromatic heterocycles. The van der Waals surface area contributed by atoms with Gasteiger partial charge in [0.25, 0.3) is 0 Å². The Hall–Kier alpha value is -1.11. The average molecular weight is 338 g/mol. The first-order valence-corrected chi connectivity index (χ1v) is 9.95. The van der Waals surface area contributed by atoms with Gasteiger partial charge in [-0.25, -0.2) is 13.1 Å². The molecule has 0 radical (unpaired) electrons. The number of ether oxygens (including phenoxy) is 1. The second kappa shape index (κ2) is 6.79. The Labute approximate surface area is 139 Å². The maximum absolute atomic E-state index is 12.5. The van der Waals surface area contributed by atoms with Crippen LogP contribution in [-0.4, -0.2) is 45.6 Å². The van der Waals surface area contributed by atoms with Gasteiger partial charge < -0.3 is 9.64 Å². The molecule has 0 spiro atoms. The van der Waals surface area contributed by atoms with Gasteiger partial charge in [-0.2, -0.15) is 0 Å². The molecule has 1 heterocycles. The number of hydrogen-bond donors (Lipinski definition) is 1. The van der Waals surface area contributed by atoms with Crippen molar-refractivity contribution in [3.05, 3.63) is 23.8 Å². The quantitative estimate of drug-likeness (QED) is 0.828. The SMILES string of the molecule is CCOc1ccc(S(=O)(=O)NCC2CCN(C3CC3)C2)c(C)c1. The van der Waals surface area contributed by atoms with Crippen LogP contribution in [0.5, 0.6) is 5.75 Å². The molecule has 23 heavy (non-hydrogen) atoms. The molecule has 0 amide bonds. The number of benzene rings is 1. The maximum atomic E-state index is 12.5. The van der Waals surface area contributed by atoms with Gasteiger partial charge >= 0.3 is 0 Å². The van der Waals surface area contributed by atoms with Crippen LogP contribution in [0.25, 0.3) is 0 Å². The molecule has 128 valence electrons. The van der Waals surface area contributed by atoms with Crippen molar-refractivity contribution in [1.82, 2.24) is 9.62 Å². The summed E-state index contributed by atoms with van der Waals surface area (Å²) >= 11 is 0. The number of nitrogens with zero attached hydrogens (tertiary/aromatic N) is 1. The molecular formula is C17H26N2O3S. The second-order valence-corrected chi connectivity index (χ2v) is 8.33. The van der Waals surface area contributed by atoms with Crippen molar-refractivity contribution in [2.75, 3.05) is 26.2 Å². The highest BCUT2D eigenvalue weighted by Crippen LogP contribution is 2.31. The molecule has 1 aromatic carbocycles. The molecule has 1 unspecified atom stereocenters. The fourth-order valence-electron chi connectivity index (χ4n) is 3.29. The third kappa shape index (κ3) is 4.05. The zero-order valence-corrected chi connectivity index (χ0v) is 14.7. The summed E-state index contributed by atoms with van der Waals surface area (Å²) in [7, 11) is -3.46. The largest absolute Gasteiger partial charge is 0.494 e. The summed E-state index contributed by atoms with van der Waals surface area (Å²) in [5.41, 5.74) is 0.717. The lowest BCUT2D eigenvalue weighted by molar-refractivity contribution is 0.314. The normalized spacial score (nSPS) is 22.4. The van der Waals surface area contributed by atoms with Gasteiger partial charge in [-0.3, -0.25) is 0 Å². The zero-order valence-electron chi connectivity index (χ0n) is 13.9. The van der Waals surface area contributed by atoms with Crippen molar-refractivity contribution in [3.8, 4) is 5.75 Å². The summed E-state index contributed by atoms with van der Waals surface area (Å²) in [6.45, 7) is 6.95. The highest BCUT2D eigenvalue weighted by molar-refractivity contribution is 7.89. The Kier molecular flexibility index (Phi) is 4.94. The molecule has 6 heteroatoms. The van der Waals surface area contributed by atoms with Crippen LogP contribution in [0, 0.1) is 12.8 Å². The van der Waals surface area contributed by atoms with Crippen LogP contribution in [0.3, 0.4) is 0 Å². The van der Waals surface area contributed by atoms with Crippen molar-refractivity contribution < 1.29 is 13.2 Å². The van der Waals surface area contributed by atoms with Gasteiger partial charge in [0.15, 0.2) is 0 Å². The van der Waals surface area contributed by atoms with Crippen LogP contribution in [0.2, 0.25) is 0 Å². The molecule has 1 atom stereocenters. The highest BCUT2D eigenvalue weighted by atomic mass is 32.2. The number of sulfonamides is 1. The van der Waals surface area contributed by atoms with Gasteiger partial charge in [0.1, 0.15) is 5.75 Å². The second-order valence-electron chi connectivity index (χ2n) is 6.59. The first kappa shape index (κ1) is 16.7. The van der Waals surface area contributed by atoms with E-state index in [1.165, 1.54) is 12.8 Å². The van der Waals surface area contributed by atoms with E-state index in [1.807, 2.05) is 13.8 Å². The molecule has 1 saturated carbocycles. The Balaban J connectivity index is 1.60. The van der Waals surface area contributed by atoms with Crippen LogP contribution in [0.4, 0.5) is 0 Å². The third-order valence-electron chi connectivity index (χ3n) is 4.69. The molecule has 1 aromatic rings. The smallest absolute Gasteiger partial charge is 0.240 e. The van der Waals surface area contributed by atoms with Gasteiger partial charge in [-0.15, -0.1) is 0 Å². The van der Waals surface area contributed by atoms with Crippen LogP contribution >= 0.6 is 0 Å². The Morgan fingerprint density at radius 1 is 1.30 bits per heavy atom. The first-order chi connectivity index (χ1) is 11.0. The van der Waals surface area contributed by atoms with Crippen molar-refractivity contribution >= 4 is 10.0 Å². The van der Waals surface area contributed by atoms with E-state index < -0.39 is 10.0 Å². The Morgan fingerprint density at radius 3 is 2.74 bits per heavy atom. The van der Waals surface area contributed by atoms with Gasteiger partial charge in [0.2, 0.25) is 10.0 Å². The molecule has 2 fully saturated rings. The number of hydrogen-bond acceptors (Lipinski definition) is 4. The van der Waals surface area contributed by atoms with Gasteiger partial charge in [0, 0.05) is 19.1 Å². The summed E-state index contributed by atoms with van der Waals surface area (Å²) in [5, 5.41) is 0. The number of aryl methyl sites for hydroxylation is 1. The highest BCUT2D eigenvalue weighted by Gasteiger charge is 2.34. The standard InChI is InChI=1S/C17H26N2O3S/c1-3-22-16-6-7-17(13(2)10-16)23(20,21)18-11-14-8-9-19(12-14)15-4-5-15/h6-7,10,14-15,18H,3-5,8-9,11-12H2,1-2H3. The van der Waals surface area contributed by atoms with E-state index in [1.54, 1.807) is 18.2 Å². The molecule has 1 aliphatic carbocycles. The first-order valence-electron chi connectivity index (χ1n) is 8.46. The summed E-state index contributed by atoms with van der Waals surface area (Å²) in [6, 6.07) is 5.90. The molecule has 3 rings (SSSR count). The van der Waals surface area contributed by atoms with E-state index >= 15 is 0 Å². The zero-order chi connectivity index (χ0) is 16.4. The topological polar surface area (TPSA) is 58.6 Å². The number of likely N-dealkylation sites (tertiary alicyclic amines) is 1. The lowest BCUT2D eigenvalue weighted by Crippen LogP contribution is -2.31. The predicted molar refractivity (Wildman–Crippen MR) is 90.2 cm³/mol. The fraction of sp³-hybridized carbons (Fsp3) is 0.647. The third-order valence-corrected chi connectivity index (χ3v) is 6.27. The minimum absolute atomic E-state index is 0.345. The Bertz CT molecular complexity index is 656. The van der Waals surface area contributed by atoms with E-state index in [2.05, 4.69) is 9.62 Å². The Morgan fingerprint density at radius 2 is 2.09 bits per heavy atom. The van der Waals surface area contributed by atoms with E-state index in [4.69, 9.17) is 4.74 Å². The van der Waals surface area contributed by atoms with Gasteiger partial charge in [-0.05, 0) is 69.3 Å². The van der Waals surface area contributed by atoms with E-state index in [9.17, 15) is 8.42 Å². The van der Waals surface area contributed by atoms with Gasteiger partial charge in [-0.1, -0.05) is 0 Å². The minimum Gasteiger partial charge on any atom is -0.494 e. The van der Waals surface area contributed by atoms with Crippen LogP contribution in [0.15, 0.2) is 23.1 Å². The minimum atomic E-state index is -3.46. The predicted octanol–water partition coefficient (Wildman–Crippen LogP) is 2.16. The summed E-state index contributed by atoms with van der Waals surface area (Å²) < 4.78 is 33.3. The van der Waals surface area contributed by atoms with Crippen LogP contribution in [0.1, 0.15) is 31.7 Å². The van der Waals surface area contributed by atoms with E-state index in [0.29, 0.717) is 29.7 Å². The molecule has 0 bridgehead atoms. The molecule has 5 nitrogen and oxygen atoms in total. The number of nitrogens with one attached hydrogen (secondary N) is 1. The van der Waals surface area contributed by atoms with E-state index in [0.717, 1.165) is 31.1 Å². The van der Waals surface area contributed by atoms with Gasteiger partial charge in [0.05, 0.1) is 11.5 Å². The molecule has 1 aliphatic heterocycles. The van der Waals surface area contributed by atoms with Crippen molar-refractivity contribution in [2.24, 2.45) is 5.92 Å². The summed E-state index contributed by atoms with van der Waals surface area (Å²) in [4.78, 5) is 2.85. The monoisotopic (exact) mass is 338 g/mol. The fourth-order valence-corrected chi connectivity index (χ4v) is 4.63. The van der Waals surface area contributed by atoms with Crippen LogP contribution < -0.4 is 9.46 Å². The van der Waals surface area contributed by atoms with Crippen molar-refractivity contribution in [3.63, 3.8) is 0 Å². The van der Waals surface area contributed by atoms with Crippen molar-refractivity contribution in [2.45, 2.75) is 44.0 Å². The lowest BCUT2D eigenvalue weighted by Gasteiger charge is -2.16. The molecule has 1 N–H and O–H groups in total.